The number of isothiocyanates is 1. The topological polar surface area (TPSA) is 12.4 Å². The summed E-state index contributed by atoms with van der Waals surface area (Å²) in [5.74, 6) is 0.657. The molecule has 0 amide bonds. The predicted molar refractivity (Wildman–Crippen MR) is 49.5 cm³/mol. The van der Waals surface area contributed by atoms with Gasteiger partial charge in [-0.25, -0.2) is 4.99 Å². The molecule has 0 rings (SSSR count). The zero-order valence-electron chi connectivity index (χ0n) is 5.52. The van der Waals surface area contributed by atoms with Gasteiger partial charge in [0.25, 0.3) is 0 Å². The van der Waals surface area contributed by atoms with Crippen molar-refractivity contribution in [1.82, 2.24) is 0 Å². The van der Waals surface area contributed by atoms with Crippen molar-refractivity contribution in [3.63, 3.8) is 0 Å². The summed E-state index contributed by atoms with van der Waals surface area (Å²) in [6.07, 6.45) is 1.83. The molecule has 58 valence electrons. The third kappa shape index (κ3) is 6.50. The van der Waals surface area contributed by atoms with Crippen LogP contribution in [0.25, 0.3) is 0 Å². The van der Waals surface area contributed by atoms with Gasteiger partial charge in [0.15, 0.2) is 0 Å². The number of alkyl halides is 2. The molecule has 1 nitrogen and oxygen atoms in total. The molecule has 1 atom stereocenters. The number of hydrogen-bond acceptors (Lipinski definition) is 2. The van der Waals surface area contributed by atoms with Crippen molar-refractivity contribution >= 4 is 40.6 Å². The molecule has 0 aliphatic carbocycles. The van der Waals surface area contributed by atoms with E-state index in [2.05, 4.69) is 22.4 Å². The Morgan fingerprint density at radius 3 is 2.80 bits per heavy atom. The molecule has 0 aliphatic heterocycles. The zero-order valence-corrected chi connectivity index (χ0v) is 7.85. The van der Waals surface area contributed by atoms with Crippen molar-refractivity contribution in [2.24, 2.45) is 4.99 Å². The van der Waals surface area contributed by atoms with Crippen LogP contribution in [0.1, 0.15) is 12.8 Å². The SMILES string of the molecule is S=C=NC[C@H](Cl)CCCCl. The summed E-state index contributed by atoms with van der Waals surface area (Å²) >= 11 is 15.6. The Kier molecular flexibility index (Phi) is 7.77. The molecule has 0 saturated heterocycles. The molecule has 4 heteroatoms. The second-order valence-electron chi connectivity index (χ2n) is 1.86. The van der Waals surface area contributed by atoms with Crippen LogP contribution < -0.4 is 0 Å². The second kappa shape index (κ2) is 7.49. The van der Waals surface area contributed by atoms with E-state index in [-0.39, 0.29) is 5.38 Å². The first-order valence-corrected chi connectivity index (χ1v) is 4.43. The normalized spacial score (nSPS) is 12.2. The molecule has 10 heavy (non-hydrogen) atoms. The average Bonchev–Trinajstić information content (AvgIpc) is 1.97. The highest BCUT2D eigenvalue weighted by atomic mass is 35.5. The van der Waals surface area contributed by atoms with Crippen LogP contribution in [0.4, 0.5) is 0 Å². The summed E-state index contributed by atoms with van der Waals surface area (Å²) in [6.45, 7) is 0.557. The van der Waals surface area contributed by atoms with Gasteiger partial charge >= 0.3 is 0 Å². The molecule has 0 radical (unpaired) electrons. The molecule has 0 heterocycles. The number of hydrogen-bond donors (Lipinski definition) is 0. The van der Waals surface area contributed by atoms with Gasteiger partial charge in [0.05, 0.1) is 17.1 Å². The summed E-state index contributed by atoms with van der Waals surface area (Å²) in [7, 11) is 0. The molecule has 0 aromatic rings. The van der Waals surface area contributed by atoms with Crippen LogP contribution in [0.2, 0.25) is 0 Å². The van der Waals surface area contributed by atoms with Crippen molar-refractivity contribution in [3.05, 3.63) is 0 Å². The minimum atomic E-state index is 0.0641. The molecule has 0 aliphatic rings. The number of nitrogens with zero attached hydrogens (tertiary/aromatic N) is 1. The highest BCUT2D eigenvalue weighted by molar-refractivity contribution is 7.78. The van der Waals surface area contributed by atoms with Crippen molar-refractivity contribution < 1.29 is 0 Å². The monoisotopic (exact) mass is 197 g/mol. The zero-order chi connectivity index (χ0) is 7.82. The number of halogens is 2. The maximum absolute atomic E-state index is 5.80. The van der Waals surface area contributed by atoms with E-state index >= 15 is 0 Å². The van der Waals surface area contributed by atoms with Crippen LogP contribution in [0.3, 0.4) is 0 Å². The highest BCUT2D eigenvalue weighted by Gasteiger charge is 2.00. The van der Waals surface area contributed by atoms with Crippen LogP contribution in [0.5, 0.6) is 0 Å². The smallest absolute Gasteiger partial charge is 0.0656 e. The van der Waals surface area contributed by atoms with Gasteiger partial charge < -0.3 is 0 Å². The fraction of sp³-hybridized carbons (Fsp3) is 0.833. The van der Waals surface area contributed by atoms with E-state index in [0.717, 1.165) is 12.8 Å². The van der Waals surface area contributed by atoms with Gasteiger partial charge in [-0.2, -0.15) is 0 Å². The lowest BCUT2D eigenvalue weighted by Gasteiger charge is -2.01. The Balaban J connectivity index is 3.24. The molecule has 0 bridgehead atoms. The van der Waals surface area contributed by atoms with Crippen molar-refractivity contribution in [2.75, 3.05) is 12.4 Å². The molecule has 0 fully saturated rings. The standard InChI is InChI=1S/C6H9Cl2NS/c7-3-1-2-6(8)4-9-5-10/h6H,1-4H2/t6-/m1/s1. The summed E-state index contributed by atoms with van der Waals surface area (Å²) < 4.78 is 0. The molecule has 0 spiro atoms. The minimum absolute atomic E-state index is 0.0641. The predicted octanol–water partition coefficient (Wildman–Crippen LogP) is 2.72. The van der Waals surface area contributed by atoms with E-state index in [9.17, 15) is 0 Å². The molecule has 0 aromatic heterocycles. The van der Waals surface area contributed by atoms with Gasteiger partial charge in [0.1, 0.15) is 0 Å². The molecule has 0 aromatic carbocycles. The second-order valence-corrected chi connectivity index (χ2v) is 3.04. The number of rotatable bonds is 5. The van der Waals surface area contributed by atoms with Crippen LogP contribution >= 0.6 is 35.4 Å². The molecule has 0 N–H and O–H groups in total. The largest absolute Gasteiger partial charge is 0.231 e. The van der Waals surface area contributed by atoms with E-state index < -0.39 is 0 Å². The first-order valence-electron chi connectivity index (χ1n) is 3.05. The van der Waals surface area contributed by atoms with Crippen LogP contribution in [0.15, 0.2) is 4.99 Å². The Morgan fingerprint density at radius 2 is 2.30 bits per heavy atom. The van der Waals surface area contributed by atoms with Gasteiger partial charge in [-0.15, -0.1) is 23.2 Å². The Hall–Kier alpha value is 0.380. The summed E-state index contributed by atoms with van der Waals surface area (Å²) in [5.41, 5.74) is 0. The third-order valence-electron chi connectivity index (χ3n) is 1.00. The molecular weight excluding hydrogens is 189 g/mol. The molecule has 0 unspecified atom stereocenters. The van der Waals surface area contributed by atoms with Crippen molar-refractivity contribution in [3.8, 4) is 0 Å². The third-order valence-corrected chi connectivity index (χ3v) is 1.76. The van der Waals surface area contributed by atoms with Crippen molar-refractivity contribution in [1.29, 1.82) is 0 Å². The maximum Gasteiger partial charge on any atom is 0.0656 e. The fourth-order valence-electron chi connectivity index (χ4n) is 0.526. The van der Waals surface area contributed by atoms with Crippen molar-refractivity contribution in [2.45, 2.75) is 18.2 Å². The van der Waals surface area contributed by atoms with Gasteiger partial charge in [-0.3, -0.25) is 0 Å². The quantitative estimate of drug-likeness (QED) is 0.376. The van der Waals surface area contributed by atoms with E-state index in [0.29, 0.717) is 12.4 Å². The van der Waals surface area contributed by atoms with E-state index in [4.69, 9.17) is 23.2 Å². The number of thiocarbonyl (C=S) groups is 1. The Morgan fingerprint density at radius 1 is 1.60 bits per heavy atom. The maximum atomic E-state index is 5.80. The Bertz CT molecular complexity index is 123. The minimum Gasteiger partial charge on any atom is -0.231 e. The summed E-state index contributed by atoms with van der Waals surface area (Å²) in [5, 5.41) is 2.33. The van der Waals surface area contributed by atoms with Crippen LogP contribution in [-0.4, -0.2) is 23.0 Å². The summed E-state index contributed by atoms with van der Waals surface area (Å²) in [4.78, 5) is 3.71. The number of aliphatic imine (C=N–C) groups is 1. The highest BCUT2D eigenvalue weighted by Crippen LogP contribution is 2.05. The fourth-order valence-corrected chi connectivity index (χ4v) is 0.978. The van der Waals surface area contributed by atoms with Gasteiger partial charge in [0.2, 0.25) is 0 Å². The van der Waals surface area contributed by atoms with Gasteiger partial charge in [-0.1, -0.05) is 0 Å². The summed E-state index contributed by atoms with van der Waals surface area (Å²) in [6, 6.07) is 0. The first kappa shape index (κ1) is 10.4. The molecular formula is C6H9Cl2NS. The molecule has 0 saturated carbocycles. The first-order chi connectivity index (χ1) is 4.81. The van der Waals surface area contributed by atoms with E-state index in [1.54, 1.807) is 0 Å². The van der Waals surface area contributed by atoms with E-state index in [1.165, 1.54) is 0 Å². The van der Waals surface area contributed by atoms with Gasteiger partial charge in [0, 0.05) is 5.88 Å². The average molecular weight is 198 g/mol. The lowest BCUT2D eigenvalue weighted by Crippen LogP contribution is -2.02. The lowest BCUT2D eigenvalue weighted by atomic mass is 10.2. The van der Waals surface area contributed by atoms with Crippen LogP contribution in [0, 0.1) is 0 Å². The van der Waals surface area contributed by atoms with E-state index in [1.807, 2.05) is 0 Å². The van der Waals surface area contributed by atoms with Crippen LogP contribution in [-0.2, 0) is 0 Å². The lowest BCUT2D eigenvalue weighted by molar-refractivity contribution is 0.742. The van der Waals surface area contributed by atoms with Gasteiger partial charge in [-0.05, 0) is 25.1 Å². The Labute approximate surface area is 76.4 Å².